The zero-order valence-corrected chi connectivity index (χ0v) is 20.0. The van der Waals surface area contributed by atoms with Crippen LogP contribution in [-0.4, -0.2) is 48.1 Å². The van der Waals surface area contributed by atoms with Gasteiger partial charge in [0.15, 0.2) is 0 Å². The van der Waals surface area contributed by atoms with E-state index in [1.54, 1.807) is 19.1 Å². The van der Waals surface area contributed by atoms with Gasteiger partial charge in [0.05, 0.1) is 12.1 Å². The van der Waals surface area contributed by atoms with E-state index < -0.39 is 43.4 Å². The van der Waals surface area contributed by atoms with Gasteiger partial charge in [-0.05, 0) is 61.4 Å². The van der Waals surface area contributed by atoms with Gasteiger partial charge in [0.1, 0.15) is 11.9 Å². The van der Waals surface area contributed by atoms with Gasteiger partial charge in [0, 0.05) is 42.2 Å². The fourth-order valence-electron chi connectivity index (χ4n) is 5.71. The molecule has 0 aromatic heterocycles. The van der Waals surface area contributed by atoms with E-state index in [0.717, 1.165) is 24.9 Å². The number of aliphatic hydroxyl groups excluding tert-OH is 1. The third-order valence-electron chi connectivity index (χ3n) is 7.84. The Morgan fingerprint density at radius 2 is 2.03 bits per heavy atom. The van der Waals surface area contributed by atoms with Crippen LogP contribution in [0.2, 0.25) is 0 Å². The number of alkyl halides is 4. The van der Waals surface area contributed by atoms with Gasteiger partial charge in [-0.15, -0.1) is 0 Å². The molecule has 1 saturated heterocycles. The first kappa shape index (κ1) is 25.0. The predicted octanol–water partition coefficient (Wildman–Crippen LogP) is 5.30. The molecule has 1 heterocycles. The van der Waals surface area contributed by atoms with Crippen molar-refractivity contribution in [2.24, 2.45) is 0 Å². The van der Waals surface area contributed by atoms with Crippen molar-refractivity contribution in [3.8, 4) is 5.75 Å². The highest BCUT2D eigenvalue weighted by atomic mass is 19.3. The highest BCUT2D eigenvalue weighted by molar-refractivity contribution is 5.94. The van der Waals surface area contributed by atoms with Gasteiger partial charge in [0.25, 0.3) is 11.8 Å². The summed E-state index contributed by atoms with van der Waals surface area (Å²) >= 11 is 0. The second-order valence-electron chi connectivity index (χ2n) is 10.2. The lowest BCUT2D eigenvalue weighted by molar-refractivity contribution is -0.0294. The number of ether oxygens (including phenoxy) is 1. The Hall–Kier alpha value is -2.65. The molecule has 1 aliphatic heterocycles. The molecule has 36 heavy (non-hydrogen) atoms. The summed E-state index contributed by atoms with van der Waals surface area (Å²) in [5.74, 6) is -3.01. The molecular formula is C27H30F4N2O3. The minimum atomic E-state index is -3.12. The maximum absolute atomic E-state index is 14.0. The third-order valence-corrected chi connectivity index (χ3v) is 7.84. The lowest BCUT2D eigenvalue weighted by atomic mass is 9.75. The first-order valence-corrected chi connectivity index (χ1v) is 12.4. The highest BCUT2D eigenvalue weighted by Gasteiger charge is 2.44. The van der Waals surface area contributed by atoms with E-state index in [-0.39, 0.29) is 22.6 Å². The number of rotatable bonds is 7. The summed E-state index contributed by atoms with van der Waals surface area (Å²) in [6, 6.07) is 9.15. The standard InChI is InChI=1S/C27H30F4N2O3/c1-15(32-26(35)17-3-5-23-22(10-17)24(34)12-27(23,30)31)21-4-2-16(11-25(21)36-14-28)18-8-20(9-18)33-7-6-19(29)13-33/h2-5,10-11,15,18-20,24,34H,6-9,12-14H2,1H3,(H,32,35)/t15-,18?,19+,20?,24+/m0/s1. The first-order chi connectivity index (χ1) is 17.2. The second-order valence-corrected chi connectivity index (χ2v) is 10.2. The van der Waals surface area contributed by atoms with Gasteiger partial charge in [-0.1, -0.05) is 18.2 Å². The van der Waals surface area contributed by atoms with Crippen LogP contribution in [0.4, 0.5) is 17.6 Å². The monoisotopic (exact) mass is 506 g/mol. The number of carbonyl (C=O) groups excluding carboxylic acids is 1. The van der Waals surface area contributed by atoms with E-state index in [4.69, 9.17) is 4.74 Å². The van der Waals surface area contributed by atoms with Crippen molar-refractivity contribution in [2.75, 3.05) is 20.0 Å². The van der Waals surface area contributed by atoms with Gasteiger partial charge < -0.3 is 15.2 Å². The molecule has 2 fully saturated rings. The Kier molecular flexibility index (Phi) is 6.72. The lowest BCUT2D eigenvalue weighted by Gasteiger charge is -2.41. The largest absolute Gasteiger partial charge is 0.463 e. The number of amides is 1. The Bertz CT molecular complexity index is 1140. The van der Waals surface area contributed by atoms with Gasteiger partial charge in [-0.25, -0.2) is 17.6 Å². The molecule has 2 N–H and O–H groups in total. The summed E-state index contributed by atoms with van der Waals surface area (Å²) in [4.78, 5) is 15.1. The highest BCUT2D eigenvalue weighted by Crippen LogP contribution is 2.47. The number of carbonyl (C=O) groups is 1. The molecule has 0 radical (unpaired) electrons. The van der Waals surface area contributed by atoms with Crippen LogP contribution in [0.25, 0.3) is 0 Å². The van der Waals surface area contributed by atoms with E-state index >= 15 is 0 Å². The Morgan fingerprint density at radius 3 is 2.72 bits per heavy atom. The van der Waals surface area contributed by atoms with Crippen molar-refractivity contribution in [1.29, 1.82) is 0 Å². The molecular weight excluding hydrogens is 476 g/mol. The van der Waals surface area contributed by atoms with Crippen LogP contribution >= 0.6 is 0 Å². The second kappa shape index (κ2) is 9.67. The first-order valence-electron chi connectivity index (χ1n) is 12.4. The quantitative estimate of drug-likeness (QED) is 0.501. The number of hydrogen-bond donors (Lipinski definition) is 2. The van der Waals surface area contributed by atoms with Crippen molar-refractivity contribution in [3.05, 3.63) is 64.2 Å². The molecule has 0 spiro atoms. The minimum Gasteiger partial charge on any atom is -0.463 e. The van der Waals surface area contributed by atoms with Gasteiger partial charge >= 0.3 is 0 Å². The fourth-order valence-corrected chi connectivity index (χ4v) is 5.71. The summed E-state index contributed by atoms with van der Waals surface area (Å²) in [6.45, 7) is 1.99. The minimum absolute atomic E-state index is 0.0564. The molecule has 5 nitrogen and oxygen atoms in total. The predicted molar refractivity (Wildman–Crippen MR) is 126 cm³/mol. The molecule has 0 unspecified atom stereocenters. The maximum Gasteiger partial charge on any atom is 0.276 e. The maximum atomic E-state index is 14.0. The molecule has 1 amide bonds. The van der Waals surface area contributed by atoms with E-state index in [9.17, 15) is 27.5 Å². The smallest absolute Gasteiger partial charge is 0.276 e. The van der Waals surface area contributed by atoms with Crippen LogP contribution in [0.5, 0.6) is 5.75 Å². The van der Waals surface area contributed by atoms with Crippen molar-refractivity contribution in [3.63, 3.8) is 0 Å². The van der Waals surface area contributed by atoms with Crippen LogP contribution in [0.15, 0.2) is 36.4 Å². The molecule has 2 aromatic carbocycles. The topological polar surface area (TPSA) is 61.8 Å². The van der Waals surface area contributed by atoms with Crippen LogP contribution in [0.3, 0.4) is 0 Å². The molecule has 5 rings (SSSR count). The number of nitrogens with one attached hydrogen (secondary N) is 1. The summed E-state index contributed by atoms with van der Waals surface area (Å²) in [7, 11) is 0. The van der Waals surface area contributed by atoms with Crippen LogP contribution in [-0.2, 0) is 5.92 Å². The van der Waals surface area contributed by atoms with Gasteiger partial charge in [0.2, 0.25) is 6.86 Å². The normalized spacial score (nSPS) is 27.8. The van der Waals surface area contributed by atoms with E-state index in [1.807, 2.05) is 6.07 Å². The molecule has 0 bridgehead atoms. The van der Waals surface area contributed by atoms with Crippen molar-refractivity contribution >= 4 is 5.91 Å². The number of aliphatic hydroxyl groups is 1. The zero-order chi connectivity index (χ0) is 25.6. The summed E-state index contributed by atoms with van der Waals surface area (Å²) in [6.07, 6.45) is -0.352. The number of benzene rings is 2. The molecule has 9 heteroatoms. The molecule has 3 atom stereocenters. The van der Waals surface area contributed by atoms with Crippen LogP contribution in [0.1, 0.15) is 83.3 Å². The summed E-state index contributed by atoms with van der Waals surface area (Å²) < 4.78 is 59.9. The zero-order valence-electron chi connectivity index (χ0n) is 20.0. The number of halogens is 4. The van der Waals surface area contributed by atoms with Crippen molar-refractivity contribution < 1.29 is 32.2 Å². The van der Waals surface area contributed by atoms with Gasteiger partial charge in [-0.3, -0.25) is 9.69 Å². The summed E-state index contributed by atoms with van der Waals surface area (Å²) in [5, 5.41) is 12.8. The SMILES string of the molecule is C[C@H](NC(=O)c1ccc2c(c1)[C@H](O)CC2(F)F)c1ccc(C2CC(N3CC[C@@H](F)C3)C2)cc1OCF. The number of nitrogens with zero attached hydrogens (tertiary/aromatic N) is 1. The van der Waals surface area contributed by atoms with Crippen LogP contribution in [0, 0.1) is 0 Å². The van der Waals surface area contributed by atoms with E-state index in [1.165, 1.54) is 18.2 Å². The van der Waals surface area contributed by atoms with E-state index in [0.29, 0.717) is 30.3 Å². The molecule has 1 saturated carbocycles. The molecule has 2 aliphatic carbocycles. The van der Waals surface area contributed by atoms with Crippen molar-refractivity contribution in [1.82, 2.24) is 10.2 Å². The van der Waals surface area contributed by atoms with Gasteiger partial charge in [-0.2, -0.15) is 0 Å². The third kappa shape index (κ3) is 4.70. The fraction of sp³-hybridized carbons (Fsp3) is 0.519. The number of likely N-dealkylation sites (tertiary alicyclic amines) is 1. The Labute approximate surface area is 207 Å². The van der Waals surface area contributed by atoms with Crippen molar-refractivity contribution in [2.45, 2.75) is 68.8 Å². The molecule has 2 aromatic rings. The summed E-state index contributed by atoms with van der Waals surface area (Å²) in [5.41, 5.74) is 1.55. The Morgan fingerprint density at radius 1 is 1.25 bits per heavy atom. The molecule has 3 aliphatic rings. The average Bonchev–Trinajstić information content (AvgIpc) is 3.32. The Balaban J connectivity index is 1.27. The number of hydrogen-bond acceptors (Lipinski definition) is 4. The average molecular weight is 507 g/mol. The number of fused-ring (bicyclic) bond motifs is 1. The molecule has 194 valence electrons. The lowest BCUT2D eigenvalue weighted by Crippen LogP contribution is -2.42. The van der Waals surface area contributed by atoms with Crippen LogP contribution < -0.4 is 10.1 Å². The van der Waals surface area contributed by atoms with E-state index in [2.05, 4.69) is 10.2 Å².